The van der Waals surface area contributed by atoms with E-state index >= 15 is 0 Å². The molecule has 0 saturated carbocycles. The van der Waals surface area contributed by atoms with Crippen molar-refractivity contribution >= 4 is 23.7 Å². The van der Waals surface area contributed by atoms with Crippen molar-refractivity contribution in [3.8, 4) is 0 Å². The van der Waals surface area contributed by atoms with Gasteiger partial charge in [-0.15, -0.1) is 0 Å². The lowest BCUT2D eigenvalue weighted by Crippen LogP contribution is -2.69. The first-order valence-corrected chi connectivity index (χ1v) is 23.2. The Balaban J connectivity index is 1.21. The molecule has 342 valence electrons. The molecule has 0 unspecified atom stereocenters. The number of aryl methyl sites for hydroxylation is 1. The molecule has 10 nitrogen and oxygen atoms in total. The Morgan fingerprint density at radius 2 is 0.939 bits per heavy atom. The van der Waals surface area contributed by atoms with Crippen LogP contribution < -0.4 is 0 Å². The van der Waals surface area contributed by atoms with Gasteiger partial charge in [-0.2, -0.15) is 0 Å². The van der Waals surface area contributed by atoms with Gasteiger partial charge >= 0.3 is 11.9 Å². The summed E-state index contributed by atoms with van der Waals surface area (Å²) in [6.07, 6.45) is -7.24. The van der Waals surface area contributed by atoms with Gasteiger partial charge in [0.05, 0.1) is 43.2 Å². The lowest BCUT2D eigenvalue weighted by atomic mass is 9.91. The molecule has 8 rings (SSSR count). The van der Waals surface area contributed by atoms with Gasteiger partial charge in [0.2, 0.25) is 0 Å². The van der Waals surface area contributed by atoms with E-state index in [0.29, 0.717) is 11.1 Å². The minimum atomic E-state index is -1.64. The number of hydrogen-bond donors (Lipinski definition) is 0. The normalized spacial score (nSPS) is 26.3. The number of carbonyl (C=O) groups is 2. The Morgan fingerprint density at radius 3 is 1.42 bits per heavy atom. The quantitative estimate of drug-likeness (QED) is 0.0816. The summed E-state index contributed by atoms with van der Waals surface area (Å²) < 4.78 is 54.9. The van der Waals surface area contributed by atoms with Crippen LogP contribution in [0, 0.1) is 6.92 Å². The Bertz CT molecular complexity index is 2430. The lowest BCUT2D eigenvalue weighted by Gasteiger charge is -2.53. The molecule has 6 aromatic rings. The maximum atomic E-state index is 14.1. The minimum Gasteiger partial charge on any atom is -0.453 e. The van der Waals surface area contributed by atoms with Crippen molar-refractivity contribution in [2.24, 2.45) is 0 Å². The fourth-order valence-electron chi connectivity index (χ4n) is 8.31. The van der Waals surface area contributed by atoms with Crippen LogP contribution in [0.1, 0.15) is 63.7 Å². The topological polar surface area (TPSA) is 108 Å². The highest BCUT2D eigenvalue weighted by atomic mass is 32.2. The van der Waals surface area contributed by atoms with Crippen LogP contribution >= 0.6 is 11.8 Å². The third-order valence-electron chi connectivity index (χ3n) is 11.7. The molecule has 6 aromatic carbocycles. The molecule has 2 fully saturated rings. The van der Waals surface area contributed by atoms with Crippen LogP contribution in [0.5, 0.6) is 0 Å². The van der Waals surface area contributed by atoms with Gasteiger partial charge < -0.3 is 37.9 Å². The number of rotatable bonds is 17. The Kier molecular flexibility index (Phi) is 15.8. The van der Waals surface area contributed by atoms with Gasteiger partial charge in [0.15, 0.2) is 18.0 Å². The summed E-state index contributed by atoms with van der Waals surface area (Å²) in [5.41, 5.74) is 3.97. The summed E-state index contributed by atoms with van der Waals surface area (Å²) in [7, 11) is 0. The van der Waals surface area contributed by atoms with Gasteiger partial charge in [-0.1, -0.05) is 157 Å². The molecular weight excluding hydrogens is 853 g/mol. The molecular formula is C55H56O10S. The van der Waals surface area contributed by atoms with Gasteiger partial charge in [0.25, 0.3) is 0 Å². The highest BCUT2D eigenvalue weighted by Gasteiger charge is 2.59. The summed E-state index contributed by atoms with van der Waals surface area (Å²) in [6.45, 7) is 8.06. The van der Waals surface area contributed by atoms with E-state index < -0.39 is 72.0 Å². The average molecular weight is 909 g/mol. The predicted octanol–water partition coefficient (Wildman–Crippen LogP) is 10.6. The van der Waals surface area contributed by atoms with Crippen LogP contribution in [-0.2, 0) is 57.7 Å². The van der Waals surface area contributed by atoms with E-state index in [2.05, 4.69) is 12.1 Å². The molecule has 2 heterocycles. The molecule has 0 radical (unpaired) electrons. The number of thioether (sulfide) groups is 1. The molecule has 0 spiro atoms. The molecule has 0 amide bonds. The van der Waals surface area contributed by atoms with Crippen molar-refractivity contribution in [1.82, 2.24) is 0 Å². The average Bonchev–Trinajstić information content (AvgIpc) is 3.34. The first kappa shape index (κ1) is 46.9. The number of ether oxygens (including phenoxy) is 8. The lowest BCUT2D eigenvalue weighted by molar-refractivity contribution is -0.392. The zero-order valence-electron chi connectivity index (χ0n) is 37.6. The van der Waals surface area contributed by atoms with E-state index in [9.17, 15) is 9.59 Å². The van der Waals surface area contributed by atoms with Crippen LogP contribution in [0.25, 0.3) is 0 Å². The van der Waals surface area contributed by atoms with Crippen LogP contribution in [-0.4, -0.2) is 72.0 Å². The third kappa shape index (κ3) is 11.8. The Hall–Kier alpha value is -5.63. The number of carbonyl (C=O) groups excluding carboxylic acids is 2. The number of hydrogen-bond acceptors (Lipinski definition) is 11. The van der Waals surface area contributed by atoms with Crippen molar-refractivity contribution in [2.75, 3.05) is 0 Å². The Labute approximate surface area is 391 Å². The highest BCUT2D eigenvalue weighted by molar-refractivity contribution is 7.99. The van der Waals surface area contributed by atoms with Gasteiger partial charge in [-0.3, -0.25) is 0 Å². The third-order valence-corrected chi connectivity index (χ3v) is 12.9. The molecule has 66 heavy (non-hydrogen) atoms. The molecule has 0 N–H and O–H groups in total. The highest BCUT2D eigenvalue weighted by Crippen LogP contribution is 2.43. The molecule has 2 aliphatic heterocycles. The van der Waals surface area contributed by atoms with E-state index in [0.717, 1.165) is 27.1 Å². The van der Waals surface area contributed by atoms with Crippen molar-refractivity contribution in [1.29, 1.82) is 0 Å². The maximum absolute atomic E-state index is 14.1. The molecule has 0 bridgehead atoms. The predicted molar refractivity (Wildman–Crippen MR) is 252 cm³/mol. The van der Waals surface area contributed by atoms with Crippen LogP contribution in [0.3, 0.4) is 0 Å². The largest absolute Gasteiger partial charge is 0.453 e. The monoisotopic (exact) mass is 908 g/mol. The zero-order valence-corrected chi connectivity index (χ0v) is 38.4. The van der Waals surface area contributed by atoms with Gasteiger partial charge in [0, 0.05) is 4.90 Å². The second-order valence-electron chi connectivity index (χ2n) is 16.8. The van der Waals surface area contributed by atoms with E-state index in [-0.39, 0.29) is 19.8 Å². The Morgan fingerprint density at radius 1 is 0.515 bits per heavy atom. The second kappa shape index (κ2) is 22.2. The molecule has 2 aliphatic rings. The summed E-state index contributed by atoms with van der Waals surface area (Å²) in [5.74, 6) is -2.72. The van der Waals surface area contributed by atoms with Crippen molar-refractivity contribution in [2.45, 2.75) is 112 Å². The summed E-state index contributed by atoms with van der Waals surface area (Å²) in [6, 6.07) is 55.2. The fraction of sp³-hybridized carbons (Fsp3) is 0.309. The van der Waals surface area contributed by atoms with Crippen LogP contribution in [0.15, 0.2) is 181 Å². The number of benzene rings is 6. The van der Waals surface area contributed by atoms with E-state index in [1.54, 1.807) is 55.5 Å². The summed E-state index contributed by atoms with van der Waals surface area (Å²) >= 11 is 1.50. The fourth-order valence-corrected chi connectivity index (χ4v) is 9.47. The van der Waals surface area contributed by atoms with E-state index in [4.69, 9.17) is 37.9 Å². The van der Waals surface area contributed by atoms with Gasteiger partial charge in [0.1, 0.15) is 29.9 Å². The molecule has 11 heteroatoms. The smallest absolute Gasteiger partial charge is 0.338 e. The van der Waals surface area contributed by atoms with Crippen LogP contribution in [0.2, 0.25) is 0 Å². The van der Waals surface area contributed by atoms with Gasteiger partial charge in [-0.05, 0) is 80.8 Å². The standard InChI is InChI=1S/C55H56O10S/c1-37-30-32-45(33-31-37)66-54-50(59-35-41-22-12-6-13-23-41)48(46(38(2)61-54)62-52(56)43-26-16-8-17-27-43)65-55(4)51(60-36-42-24-14-7-15-25-42)49(58-34-40-20-10-5-11-21-40)47(39(3)64-55)63-53(57)44-28-18-9-19-29-44/h5-33,38-39,46-51,54H,34-36H2,1-4H3/t38-,39-,46+,47+,48+,49+,50-,51-,54+,55-/m0/s1. The van der Waals surface area contributed by atoms with E-state index in [1.165, 1.54) is 11.8 Å². The van der Waals surface area contributed by atoms with Crippen molar-refractivity contribution < 1.29 is 47.5 Å². The van der Waals surface area contributed by atoms with Crippen molar-refractivity contribution in [3.05, 3.63) is 209 Å². The van der Waals surface area contributed by atoms with E-state index in [1.807, 2.05) is 136 Å². The molecule has 0 aromatic heterocycles. The molecule has 10 atom stereocenters. The minimum absolute atomic E-state index is 0.142. The first-order chi connectivity index (χ1) is 32.1. The van der Waals surface area contributed by atoms with Crippen molar-refractivity contribution in [3.63, 3.8) is 0 Å². The first-order valence-electron chi connectivity index (χ1n) is 22.4. The number of esters is 2. The summed E-state index contributed by atoms with van der Waals surface area (Å²) in [4.78, 5) is 28.9. The molecule has 0 aliphatic carbocycles. The van der Waals surface area contributed by atoms with Crippen LogP contribution in [0.4, 0.5) is 0 Å². The maximum Gasteiger partial charge on any atom is 0.338 e. The molecule has 2 saturated heterocycles. The van der Waals surface area contributed by atoms with Gasteiger partial charge in [-0.25, -0.2) is 9.59 Å². The SMILES string of the molecule is Cc1ccc(S[C@H]2O[C@@H](C)[C@@H](OC(=O)c3ccccc3)[C@@H](O[C@]3(C)O[C@@H](C)[C@@H](OC(=O)c4ccccc4)[C@@H](OCc4ccccc4)[C@@H]3OCc3ccccc3)[C@@H]2OCc2ccccc2)cc1. The zero-order chi connectivity index (χ0) is 45.9. The second-order valence-corrected chi connectivity index (χ2v) is 17.9. The summed E-state index contributed by atoms with van der Waals surface area (Å²) in [5, 5.41) is 0.